The van der Waals surface area contributed by atoms with Crippen molar-refractivity contribution in [1.82, 2.24) is 0 Å². The van der Waals surface area contributed by atoms with Gasteiger partial charge in [-0.3, -0.25) is 0 Å². The SMILES string of the molecule is CC1(C)[C@@H]2CC[C@]13CS(=O)(=O)[N+](S(=O)(=O)c1ccccc1)=C3C21OCCO1. The van der Waals surface area contributed by atoms with Gasteiger partial charge in [-0.1, -0.05) is 32.0 Å². The summed E-state index contributed by atoms with van der Waals surface area (Å²) in [6, 6.07) is 7.69. The highest BCUT2D eigenvalue weighted by Gasteiger charge is 2.85. The molecule has 1 aromatic carbocycles. The van der Waals surface area contributed by atoms with Crippen LogP contribution in [0.3, 0.4) is 0 Å². The molecule has 2 atom stereocenters. The first kappa shape index (κ1) is 17.8. The van der Waals surface area contributed by atoms with E-state index < -0.39 is 36.7 Å². The highest BCUT2D eigenvalue weighted by atomic mass is 32.3. The molecule has 0 unspecified atom stereocenters. The van der Waals surface area contributed by atoms with Gasteiger partial charge in [-0.2, -0.15) is 16.8 Å². The lowest BCUT2D eigenvalue weighted by atomic mass is 9.70. The van der Waals surface area contributed by atoms with Crippen molar-refractivity contribution in [2.75, 3.05) is 19.0 Å². The highest BCUT2D eigenvalue weighted by Crippen LogP contribution is 2.71. The Labute approximate surface area is 159 Å². The molecule has 146 valence electrons. The maximum atomic E-state index is 13.4. The minimum absolute atomic E-state index is 0.0492. The Hall–Kier alpha value is -1.29. The van der Waals surface area contributed by atoms with E-state index in [-0.39, 0.29) is 22.3 Å². The fourth-order valence-electron chi connectivity index (χ4n) is 5.86. The van der Waals surface area contributed by atoms with Crippen LogP contribution in [0, 0.1) is 16.7 Å². The first-order valence-corrected chi connectivity index (χ1v) is 12.1. The second-order valence-electron chi connectivity index (χ2n) is 8.38. The van der Waals surface area contributed by atoms with Crippen molar-refractivity contribution in [3.05, 3.63) is 30.3 Å². The number of sulfonamides is 2. The molecule has 9 heteroatoms. The van der Waals surface area contributed by atoms with E-state index in [4.69, 9.17) is 9.47 Å². The van der Waals surface area contributed by atoms with E-state index in [0.29, 0.717) is 23.0 Å². The molecule has 4 aliphatic rings. The van der Waals surface area contributed by atoms with Crippen LogP contribution in [-0.4, -0.2) is 50.7 Å². The van der Waals surface area contributed by atoms with Crippen molar-refractivity contribution in [3.63, 3.8) is 0 Å². The van der Waals surface area contributed by atoms with Crippen LogP contribution in [0.2, 0.25) is 0 Å². The maximum Gasteiger partial charge on any atom is 0.411 e. The fourth-order valence-corrected chi connectivity index (χ4v) is 10.7. The van der Waals surface area contributed by atoms with Crippen LogP contribution >= 0.6 is 0 Å². The van der Waals surface area contributed by atoms with E-state index in [1.165, 1.54) is 12.1 Å². The van der Waals surface area contributed by atoms with Crippen molar-refractivity contribution in [3.8, 4) is 0 Å². The topological polar surface area (TPSA) is 89.8 Å². The van der Waals surface area contributed by atoms with Gasteiger partial charge < -0.3 is 9.47 Å². The number of hydrogen-bond acceptors (Lipinski definition) is 6. The van der Waals surface area contributed by atoms with Gasteiger partial charge in [0.1, 0.15) is 10.6 Å². The molecule has 2 saturated carbocycles. The van der Waals surface area contributed by atoms with Crippen molar-refractivity contribution in [2.45, 2.75) is 37.4 Å². The molecule has 1 saturated heterocycles. The number of hydrogen-bond donors (Lipinski definition) is 0. The molecule has 2 heterocycles. The summed E-state index contributed by atoms with van der Waals surface area (Å²) in [5.41, 5.74) is -0.957. The van der Waals surface area contributed by atoms with Gasteiger partial charge in [0, 0.05) is 9.30 Å². The second-order valence-corrected chi connectivity index (χ2v) is 12.2. The molecule has 3 fully saturated rings. The van der Waals surface area contributed by atoms with Gasteiger partial charge in [-0.15, -0.1) is 0 Å². The van der Waals surface area contributed by atoms with Crippen LogP contribution in [0.1, 0.15) is 26.7 Å². The summed E-state index contributed by atoms with van der Waals surface area (Å²) < 4.78 is 66.0. The van der Waals surface area contributed by atoms with Crippen LogP contribution in [0.15, 0.2) is 35.2 Å². The van der Waals surface area contributed by atoms with Crippen molar-refractivity contribution in [1.29, 1.82) is 0 Å². The normalized spacial score (nSPS) is 35.1. The van der Waals surface area contributed by atoms with E-state index in [1.807, 2.05) is 13.8 Å². The third-order valence-electron chi connectivity index (χ3n) is 7.05. The smallest absolute Gasteiger partial charge is 0.339 e. The van der Waals surface area contributed by atoms with Gasteiger partial charge in [-0.05, 0) is 30.4 Å². The van der Waals surface area contributed by atoms with E-state index in [9.17, 15) is 16.8 Å². The van der Waals surface area contributed by atoms with Crippen molar-refractivity contribution >= 4 is 25.8 Å². The molecule has 0 N–H and O–H groups in total. The van der Waals surface area contributed by atoms with Crippen LogP contribution < -0.4 is 0 Å². The van der Waals surface area contributed by atoms with Gasteiger partial charge >= 0.3 is 20.0 Å². The summed E-state index contributed by atoms with van der Waals surface area (Å²) in [6.45, 7) is 4.67. The van der Waals surface area contributed by atoms with Gasteiger partial charge in [0.15, 0.2) is 0 Å². The lowest BCUT2D eigenvalue weighted by Gasteiger charge is -2.31. The number of rotatable bonds is 2. The quantitative estimate of drug-likeness (QED) is 0.681. The van der Waals surface area contributed by atoms with Gasteiger partial charge in [0.25, 0.3) is 11.5 Å². The Balaban J connectivity index is 1.88. The summed E-state index contributed by atoms with van der Waals surface area (Å²) >= 11 is 0. The molecule has 2 aliphatic heterocycles. The summed E-state index contributed by atoms with van der Waals surface area (Å²) in [5, 5.41) is 0. The largest absolute Gasteiger partial charge is 0.411 e. The second kappa shape index (κ2) is 5.00. The lowest BCUT2D eigenvalue weighted by Crippen LogP contribution is -2.51. The third-order valence-corrected chi connectivity index (χ3v) is 11.3. The third kappa shape index (κ3) is 1.86. The Bertz CT molecular complexity index is 1070. The molecule has 2 spiro atoms. The zero-order valence-electron chi connectivity index (χ0n) is 15.2. The monoisotopic (exact) mass is 412 g/mol. The van der Waals surface area contributed by atoms with E-state index >= 15 is 0 Å². The molecule has 5 rings (SSSR count). The van der Waals surface area contributed by atoms with Gasteiger partial charge in [0.2, 0.25) is 0 Å². The van der Waals surface area contributed by atoms with Crippen LogP contribution in [0.4, 0.5) is 0 Å². The van der Waals surface area contributed by atoms with E-state index in [0.717, 1.165) is 6.42 Å². The average Bonchev–Trinajstić information content (AvgIpc) is 3.26. The highest BCUT2D eigenvalue weighted by molar-refractivity contribution is 7.98. The summed E-state index contributed by atoms with van der Waals surface area (Å²) in [7, 11) is -8.38. The average molecular weight is 413 g/mol. The van der Waals surface area contributed by atoms with E-state index in [1.54, 1.807) is 18.2 Å². The summed E-state index contributed by atoms with van der Waals surface area (Å²) in [6.07, 6.45) is 1.37. The molecule has 27 heavy (non-hydrogen) atoms. The fraction of sp³-hybridized carbons (Fsp3) is 0.611. The minimum Gasteiger partial charge on any atom is -0.339 e. The van der Waals surface area contributed by atoms with Gasteiger partial charge in [0.05, 0.1) is 18.6 Å². The maximum absolute atomic E-state index is 13.4. The Morgan fingerprint density at radius 2 is 1.74 bits per heavy atom. The minimum atomic E-state index is -4.29. The molecule has 0 amide bonds. The molecular formula is C18H22NO6S2+. The number of ether oxygens (including phenoxy) is 2. The Morgan fingerprint density at radius 3 is 2.37 bits per heavy atom. The molecule has 0 aromatic heterocycles. The van der Waals surface area contributed by atoms with Crippen molar-refractivity contribution in [2.24, 2.45) is 16.7 Å². The van der Waals surface area contributed by atoms with Crippen LogP contribution in [0.25, 0.3) is 0 Å². The Kier molecular flexibility index (Phi) is 3.29. The molecule has 2 aliphatic carbocycles. The van der Waals surface area contributed by atoms with Crippen LogP contribution in [0.5, 0.6) is 0 Å². The van der Waals surface area contributed by atoms with Gasteiger partial charge in [-0.25, -0.2) is 0 Å². The molecule has 7 nitrogen and oxygen atoms in total. The molecular weight excluding hydrogens is 390 g/mol. The number of nitrogens with zero attached hydrogens (tertiary/aromatic N) is 1. The summed E-state index contributed by atoms with van der Waals surface area (Å²) in [5.74, 6) is -1.57. The Morgan fingerprint density at radius 1 is 1.11 bits per heavy atom. The standard InChI is InChI=1S/C18H22NO6S2/c1-16(2)14-8-9-17(16)12-26(20,21)19(15(17)18(14)24-10-11-25-18)27(22,23)13-6-4-3-5-7-13/h3-7,14H,8-12H2,1-2H3/q+1/t14-,17+/m0/s1. The number of benzene rings is 1. The lowest BCUT2D eigenvalue weighted by molar-refractivity contribution is -0.224. The molecule has 0 radical (unpaired) electrons. The van der Waals surface area contributed by atoms with Crippen molar-refractivity contribution < 1.29 is 29.7 Å². The van der Waals surface area contributed by atoms with Crippen LogP contribution in [-0.2, 0) is 29.5 Å². The molecule has 2 bridgehead atoms. The van der Waals surface area contributed by atoms with E-state index in [2.05, 4.69) is 0 Å². The first-order valence-electron chi connectivity index (χ1n) is 9.09. The predicted octanol–water partition coefficient (Wildman–Crippen LogP) is 1.35. The number of fused-ring (bicyclic) bond motifs is 3. The first-order chi connectivity index (χ1) is 12.6. The molecule has 1 aromatic rings. The zero-order chi connectivity index (χ0) is 19.3. The summed E-state index contributed by atoms with van der Waals surface area (Å²) in [4.78, 5) is -0.0492. The predicted molar refractivity (Wildman–Crippen MR) is 96.3 cm³/mol. The zero-order valence-corrected chi connectivity index (χ0v) is 16.8.